The van der Waals surface area contributed by atoms with Crippen molar-refractivity contribution in [3.8, 4) is 0 Å². The third-order valence-electron chi connectivity index (χ3n) is 7.18. The van der Waals surface area contributed by atoms with Crippen LogP contribution in [0.15, 0.2) is 11.1 Å². The van der Waals surface area contributed by atoms with Crippen molar-refractivity contribution in [3.05, 3.63) is 11.1 Å². The zero-order valence-electron chi connectivity index (χ0n) is 14.6. The number of fused-ring (bicyclic) bond motifs is 4. The van der Waals surface area contributed by atoms with Crippen LogP contribution in [0, 0.1) is 23.2 Å². The van der Waals surface area contributed by atoms with Gasteiger partial charge in [-0.25, -0.2) is 0 Å². The number of hydrogen-bond donors (Lipinski definition) is 0. The first-order valence-corrected chi connectivity index (χ1v) is 9.33. The van der Waals surface area contributed by atoms with E-state index in [1.807, 2.05) is 0 Å². The van der Waals surface area contributed by atoms with E-state index in [1.165, 1.54) is 18.1 Å². The summed E-state index contributed by atoms with van der Waals surface area (Å²) in [6.45, 7) is 3.55. The summed E-state index contributed by atoms with van der Waals surface area (Å²) >= 11 is 0. The number of ether oxygens (including phenoxy) is 1. The van der Waals surface area contributed by atoms with E-state index in [2.05, 4.69) is 6.92 Å². The molecule has 0 amide bonds. The molecular weight excluding hydrogens is 304 g/mol. The van der Waals surface area contributed by atoms with E-state index in [-0.39, 0.29) is 23.4 Å². The van der Waals surface area contributed by atoms with Crippen LogP contribution in [0.4, 0.5) is 0 Å². The van der Waals surface area contributed by atoms with E-state index in [4.69, 9.17) is 4.74 Å². The number of hydrogen-bond acceptors (Lipinski definition) is 4. The molecule has 0 aromatic carbocycles. The number of carbonyl (C=O) groups is 3. The van der Waals surface area contributed by atoms with Crippen molar-refractivity contribution in [2.75, 3.05) is 0 Å². The lowest BCUT2D eigenvalue weighted by molar-refractivity contribution is -0.161. The van der Waals surface area contributed by atoms with Gasteiger partial charge in [0.25, 0.3) is 0 Å². The molecule has 3 unspecified atom stereocenters. The van der Waals surface area contributed by atoms with Crippen molar-refractivity contribution in [3.63, 3.8) is 0 Å². The summed E-state index contributed by atoms with van der Waals surface area (Å²) in [7, 11) is 0. The summed E-state index contributed by atoms with van der Waals surface area (Å²) in [6, 6.07) is 0. The fourth-order valence-corrected chi connectivity index (χ4v) is 6.19. The fraction of sp³-hybridized carbons (Fsp3) is 0.750. The minimum absolute atomic E-state index is 0.200. The van der Waals surface area contributed by atoms with E-state index < -0.39 is 0 Å². The predicted molar refractivity (Wildman–Crippen MR) is 88.1 cm³/mol. The molecule has 0 aromatic rings. The lowest BCUT2D eigenvalue weighted by Crippen LogP contribution is -2.52. The van der Waals surface area contributed by atoms with Crippen LogP contribution in [0.1, 0.15) is 65.2 Å². The van der Waals surface area contributed by atoms with Crippen LogP contribution < -0.4 is 0 Å². The third kappa shape index (κ3) is 2.29. The molecule has 0 aliphatic heterocycles. The van der Waals surface area contributed by atoms with Crippen LogP contribution in [-0.4, -0.2) is 23.6 Å². The molecule has 5 atom stereocenters. The van der Waals surface area contributed by atoms with Gasteiger partial charge in [0.2, 0.25) is 0 Å². The normalized spacial score (nSPS) is 41.6. The minimum Gasteiger partial charge on any atom is -0.462 e. The maximum Gasteiger partial charge on any atom is 0.302 e. The standard InChI is InChI=1S/C20H26O4/c1-11(21)24-17-10-20(2)16(7-8-18(20)23)15-5-3-12-9-13(22)4-6-14(12)19(15)17/h15-17,19H,3-10H2,1-2H3/t15?,16?,17-,19?,20+/m1/s1. The number of ketones is 2. The van der Waals surface area contributed by atoms with Crippen molar-refractivity contribution < 1.29 is 19.1 Å². The molecule has 0 heterocycles. The quantitative estimate of drug-likeness (QED) is 0.546. The summed E-state index contributed by atoms with van der Waals surface area (Å²) < 4.78 is 5.75. The zero-order chi connectivity index (χ0) is 17.1. The molecule has 0 spiro atoms. The smallest absolute Gasteiger partial charge is 0.302 e. The lowest BCUT2D eigenvalue weighted by atomic mass is 9.53. The van der Waals surface area contributed by atoms with Crippen LogP contribution in [0.3, 0.4) is 0 Å². The van der Waals surface area contributed by atoms with Crippen LogP contribution in [0.25, 0.3) is 0 Å². The predicted octanol–water partition coefficient (Wildman–Crippen LogP) is 3.38. The Bertz CT molecular complexity index is 646. The minimum atomic E-state index is -0.330. The molecule has 0 aromatic heterocycles. The van der Waals surface area contributed by atoms with Crippen LogP contribution >= 0.6 is 0 Å². The Kier molecular flexibility index (Phi) is 3.70. The van der Waals surface area contributed by atoms with Crippen molar-refractivity contribution in [1.82, 2.24) is 0 Å². The van der Waals surface area contributed by atoms with Crippen LogP contribution in [-0.2, 0) is 19.1 Å². The maximum atomic E-state index is 12.6. The molecule has 4 heteroatoms. The fourth-order valence-electron chi connectivity index (χ4n) is 6.19. The SMILES string of the molecule is CC(=O)O[C@@H]1C[C@]2(C)C(=O)CCC2C2CCC3=C(CCC(=O)C3)C21. The van der Waals surface area contributed by atoms with Crippen molar-refractivity contribution >= 4 is 17.5 Å². The summed E-state index contributed by atoms with van der Waals surface area (Å²) in [6.07, 6.45) is 6.15. The molecule has 0 saturated heterocycles. The van der Waals surface area contributed by atoms with E-state index in [1.54, 1.807) is 0 Å². The van der Waals surface area contributed by atoms with Crippen molar-refractivity contribution in [2.45, 2.75) is 71.3 Å². The Morgan fingerprint density at radius 2 is 1.92 bits per heavy atom. The Balaban J connectivity index is 1.75. The van der Waals surface area contributed by atoms with Gasteiger partial charge in [0.1, 0.15) is 17.7 Å². The molecule has 4 aliphatic rings. The first kappa shape index (κ1) is 16.0. The Hall–Kier alpha value is -1.45. The Labute approximate surface area is 143 Å². The summed E-state index contributed by atoms with van der Waals surface area (Å²) in [4.78, 5) is 36.1. The van der Waals surface area contributed by atoms with E-state index in [0.717, 1.165) is 25.7 Å². The molecule has 0 N–H and O–H groups in total. The first-order chi connectivity index (χ1) is 11.4. The monoisotopic (exact) mass is 330 g/mol. The molecule has 130 valence electrons. The lowest BCUT2D eigenvalue weighted by Gasteiger charge is -2.52. The molecule has 0 bridgehead atoms. The highest BCUT2D eigenvalue weighted by atomic mass is 16.5. The van der Waals surface area contributed by atoms with Gasteiger partial charge in [-0.2, -0.15) is 0 Å². The summed E-state index contributed by atoms with van der Waals surface area (Å²) in [5.74, 6) is 1.50. The molecule has 4 aliphatic carbocycles. The second-order valence-corrected chi connectivity index (χ2v) is 8.41. The highest BCUT2D eigenvalue weighted by molar-refractivity contribution is 5.87. The van der Waals surface area contributed by atoms with Gasteiger partial charge >= 0.3 is 5.97 Å². The van der Waals surface area contributed by atoms with Gasteiger partial charge in [0.05, 0.1) is 0 Å². The number of rotatable bonds is 1. The van der Waals surface area contributed by atoms with Gasteiger partial charge in [0, 0.05) is 37.5 Å². The molecular formula is C20H26O4. The number of esters is 1. The van der Waals surface area contributed by atoms with Gasteiger partial charge in [-0.15, -0.1) is 0 Å². The summed E-state index contributed by atoms with van der Waals surface area (Å²) in [5, 5.41) is 0. The van der Waals surface area contributed by atoms with Crippen molar-refractivity contribution in [2.24, 2.45) is 23.2 Å². The highest BCUT2D eigenvalue weighted by Crippen LogP contribution is 2.60. The first-order valence-electron chi connectivity index (χ1n) is 9.33. The topological polar surface area (TPSA) is 60.4 Å². The van der Waals surface area contributed by atoms with Gasteiger partial charge in [-0.3, -0.25) is 14.4 Å². The third-order valence-corrected chi connectivity index (χ3v) is 7.18. The highest BCUT2D eigenvalue weighted by Gasteiger charge is 2.59. The maximum absolute atomic E-state index is 12.6. The second kappa shape index (κ2) is 5.53. The molecule has 24 heavy (non-hydrogen) atoms. The largest absolute Gasteiger partial charge is 0.462 e. The second-order valence-electron chi connectivity index (χ2n) is 8.41. The number of carbonyl (C=O) groups excluding carboxylic acids is 3. The Morgan fingerprint density at radius 3 is 2.67 bits per heavy atom. The van der Waals surface area contributed by atoms with Gasteiger partial charge in [0.15, 0.2) is 0 Å². The van der Waals surface area contributed by atoms with Crippen LogP contribution in [0.5, 0.6) is 0 Å². The van der Waals surface area contributed by atoms with Gasteiger partial charge in [-0.05, 0) is 43.9 Å². The molecule has 4 nitrogen and oxygen atoms in total. The van der Waals surface area contributed by atoms with E-state index in [0.29, 0.717) is 49.1 Å². The van der Waals surface area contributed by atoms with Crippen molar-refractivity contribution in [1.29, 1.82) is 0 Å². The number of Topliss-reactive ketones (excluding diaryl/α,β-unsaturated/α-hetero) is 2. The van der Waals surface area contributed by atoms with Gasteiger partial charge < -0.3 is 4.74 Å². The molecule has 4 rings (SSSR count). The van der Waals surface area contributed by atoms with Gasteiger partial charge in [-0.1, -0.05) is 18.1 Å². The molecule has 2 fully saturated rings. The summed E-state index contributed by atoms with van der Waals surface area (Å²) in [5.41, 5.74) is 2.36. The average molecular weight is 330 g/mol. The molecule has 2 saturated carbocycles. The molecule has 0 radical (unpaired) electrons. The van der Waals surface area contributed by atoms with E-state index in [9.17, 15) is 14.4 Å². The van der Waals surface area contributed by atoms with E-state index >= 15 is 0 Å². The average Bonchev–Trinajstić information content (AvgIpc) is 2.81. The number of allylic oxidation sites excluding steroid dienone is 1. The Morgan fingerprint density at radius 1 is 1.12 bits per heavy atom. The van der Waals surface area contributed by atoms with Crippen LogP contribution in [0.2, 0.25) is 0 Å². The zero-order valence-corrected chi connectivity index (χ0v) is 14.6.